The minimum Gasteiger partial charge on any atom is -0.455 e. The van der Waals surface area contributed by atoms with E-state index in [0.717, 1.165) is 210 Å². The zero-order chi connectivity index (χ0) is 99.3. The van der Waals surface area contributed by atoms with Gasteiger partial charge in [-0.05, 0) is 229 Å². The van der Waals surface area contributed by atoms with Gasteiger partial charge in [-0.2, -0.15) is 15.8 Å². The fraction of sp³-hybridized carbons (Fsp3) is 0. The van der Waals surface area contributed by atoms with E-state index in [2.05, 4.69) is 395 Å². The number of para-hydroxylation sites is 7. The van der Waals surface area contributed by atoms with Crippen LogP contribution < -0.4 is 0 Å². The van der Waals surface area contributed by atoms with Crippen LogP contribution in [0.1, 0.15) is 16.8 Å². The summed E-state index contributed by atoms with van der Waals surface area (Å²) in [5.74, 6) is 1.26. The van der Waals surface area contributed by atoms with Crippen molar-refractivity contribution >= 4 is 196 Å². The van der Waals surface area contributed by atoms with Crippen LogP contribution in [0.5, 0.6) is 0 Å². The molecule has 9 heterocycles. The Morgan fingerprint density at radius 1 is 0.200 bits per heavy atom. The van der Waals surface area contributed by atoms with Crippen LogP contribution in [0, 0.1) is 34.0 Å². The van der Waals surface area contributed by atoms with Crippen LogP contribution >= 0.6 is 0 Å². The molecular formula is C137H78N10O3. The summed E-state index contributed by atoms with van der Waals surface area (Å²) in [5, 5.41) is 53.1. The van der Waals surface area contributed by atoms with Crippen molar-refractivity contribution in [2.45, 2.75) is 0 Å². The van der Waals surface area contributed by atoms with E-state index in [1.165, 1.54) is 76.1 Å². The molecule has 694 valence electrons. The number of nitriles is 3. The molecule has 13 nitrogen and oxygen atoms in total. The van der Waals surface area contributed by atoms with Crippen LogP contribution in [0.25, 0.3) is 292 Å². The van der Waals surface area contributed by atoms with Crippen molar-refractivity contribution in [3.63, 3.8) is 0 Å². The van der Waals surface area contributed by atoms with E-state index in [1.54, 1.807) is 0 Å². The minimum atomic E-state index is 0.375. The Labute approximate surface area is 856 Å². The van der Waals surface area contributed by atoms with E-state index in [1.807, 2.05) is 115 Å². The molecule has 31 rings (SSSR count). The molecule has 0 unspecified atom stereocenters. The summed E-state index contributed by atoms with van der Waals surface area (Å²) in [6.07, 6.45) is 0. The Morgan fingerprint density at radius 3 is 1.10 bits per heavy atom. The third kappa shape index (κ3) is 14.0. The maximum atomic E-state index is 9.95. The number of pyridine rings is 2. The maximum absolute atomic E-state index is 9.95. The average Bonchev–Trinajstić information content (AvgIpc) is 1.58. The number of hydrogen-bond acceptors (Lipinski definition) is 10. The largest absolute Gasteiger partial charge is 0.455 e. The van der Waals surface area contributed by atoms with Crippen LogP contribution in [0.15, 0.2) is 486 Å². The molecule has 0 N–H and O–H groups in total. The number of nitrogens with zero attached hydrogens (tertiary/aromatic N) is 10. The van der Waals surface area contributed by atoms with Gasteiger partial charge in [0.25, 0.3) is 0 Å². The highest BCUT2D eigenvalue weighted by atomic mass is 16.3. The number of aromatic nitrogens is 7. The molecule has 0 aliphatic heterocycles. The lowest BCUT2D eigenvalue weighted by Gasteiger charge is -2.11. The Balaban J connectivity index is 0.000000107. The Kier molecular flexibility index (Phi) is 19.8. The number of hydrogen-bond donors (Lipinski definition) is 0. The van der Waals surface area contributed by atoms with Crippen molar-refractivity contribution in [3.8, 4) is 114 Å². The predicted octanol–water partition coefficient (Wildman–Crippen LogP) is 35.8. The summed E-state index contributed by atoms with van der Waals surface area (Å²) in [5.41, 5.74) is 31.7. The van der Waals surface area contributed by atoms with Gasteiger partial charge in [0.2, 0.25) is 0 Å². The van der Waals surface area contributed by atoms with Gasteiger partial charge in [0.15, 0.2) is 11.5 Å². The predicted molar refractivity (Wildman–Crippen MR) is 613 cm³/mol. The average molecular weight is 1910 g/mol. The normalized spacial score (nSPS) is 11.7. The van der Waals surface area contributed by atoms with E-state index >= 15 is 0 Å². The van der Waals surface area contributed by atoms with Crippen molar-refractivity contribution in [2.75, 3.05) is 0 Å². The maximum Gasteiger partial charge on any atom is 0.161 e. The smallest absolute Gasteiger partial charge is 0.161 e. The van der Waals surface area contributed by atoms with Crippen LogP contribution in [0.4, 0.5) is 0 Å². The van der Waals surface area contributed by atoms with E-state index in [9.17, 15) is 15.8 Å². The first-order valence-electron chi connectivity index (χ1n) is 50.0. The molecule has 0 radical (unpaired) electrons. The molecule has 0 spiro atoms. The molecule has 0 aliphatic carbocycles. The highest BCUT2D eigenvalue weighted by Gasteiger charge is 2.26. The Hall–Kier alpha value is -20.9. The van der Waals surface area contributed by atoms with Gasteiger partial charge in [-0.3, -0.25) is 4.57 Å². The van der Waals surface area contributed by atoms with E-state index in [0.29, 0.717) is 22.6 Å². The summed E-state index contributed by atoms with van der Waals surface area (Å²) in [7, 11) is 0. The molecule has 0 bridgehead atoms. The van der Waals surface area contributed by atoms with Crippen LogP contribution in [-0.2, 0) is 0 Å². The fourth-order valence-corrected chi connectivity index (χ4v) is 22.9. The Bertz CT molecular complexity index is 10800. The molecule has 0 fully saturated rings. The molecule has 0 amide bonds. The van der Waals surface area contributed by atoms with Gasteiger partial charge in [0.05, 0.1) is 78.6 Å². The zero-order valence-corrected chi connectivity index (χ0v) is 80.2. The van der Waals surface area contributed by atoms with Crippen molar-refractivity contribution < 1.29 is 13.3 Å². The second kappa shape index (κ2) is 34.7. The van der Waals surface area contributed by atoms with Gasteiger partial charge in [-0.15, -0.1) is 0 Å². The van der Waals surface area contributed by atoms with Gasteiger partial charge in [0.1, 0.15) is 45.4 Å². The Morgan fingerprint density at radius 2 is 0.573 bits per heavy atom. The lowest BCUT2D eigenvalue weighted by Crippen LogP contribution is -1.99. The molecular weight excluding hydrogens is 1830 g/mol. The fourth-order valence-electron chi connectivity index (χ4n) is 22.9. The first kappa shape index (κ1) is 85.8. The molecule has 0 aliphatic rings. The lowest BCUT2D eigenvalue weighted by molar-refractivity contribution is 0.669. The highest BCUT2D eigenvalue weighted by molar-refractivity contribution is 6.26. The van der Waals surface area contributed by atoms with E-state index in [4.69, 9.17) is 28.2 Å². The molecule has 13 heteroatoms. The molecule has 31 aromatic rings. The van der Waals surface area contributed by atoms with Crippen molar-refractivity contribution in [3.05, 3.63) is 490 Å². The summed E-state index contributed by atoms with van der Waals surface area (Å²) < 4.78 is 26.6. The van der Waals surface area contributed by atoms with Crippen molar-refractivity contribution in [1.29, 1.82) is 15.8 Å². The number of benzene rings is 22. The van der Waals surface area contributed by atoms with Gasteiger partial charge < -0.3 is 22.4 Å². The molecule has 150 heavy (non-hydrogen) atoms. The third-order valence-electron chi connectivity index (χ3n) is 29.9. The minimum absolute atomic E-state index is 0.375. The molecule has 0 saturated carbocycles. The second-order valence-corrected chi connectivity index (χ2v) is 38.2. The van der Waals surface area contributed by atoms with Gasteiger partial charge in [0, 0.05) is 120 Å². The second-order valence-electron chi connectivity index (χ2n) is 38.2. The molecule has 22 aromatic carbocycles. The van der Waals surface area contributed by atoms with E-state index < -0.39 is 0 Å². The summed E-state index contributed by atoms with van der Waals surface area (Å²) in [4.78, 5) is 19.3. The number of rotatable bonds is 10. The third-order valence-corrected chi connectivity index (χ3v) is 29.9. The zero-order valence-electron chi connectivity index (χ0n) is 80.2. The monoisotopic (exact) mass is 1910 g/mol. The number of fused-ring (bicyclic) bond motifs is 27. The first-order valence-corrected chi connectivity index (χ1v) is 50.0. The molecule has 0 saturated heterocycles. The van der Waals surface area contributed by atoms with Gasteiger partial charge >= 0.3 is 0 Å². The van der Waals surface area contributed by atoms with Crippen LogP contribution in [0.2, 0.25) is 0 Å². The topological polar surface area (TPSA) is 177 Å². The van der Waals surface area contributed by atoms with Crippen molar-refractivity contribution in [2.24, 2.45) is 0 Å². The van der Waals surface area contributed by atoms with E-state index in [-0.39, 0.29) is 0 Å². The van der Waals surface area contributed by atoms with Gasteiger partial charge in [-0.25, -0.2) is 19.9 Å². The van der Waals surface area contributed by atoms with Crippen LogP contribution in [0.3, 0.4) is 0 Å². The van der Waals surface area contributed by atoms with Gasteiger partial charge in [-0.1, -0.05) is 315 Å². The lowest BCUT2D eigenvalue weighted by atomic mass is 9.98. The highest BCUT2D eigenvalue weighted by Crippen LogP contribution is 2.49. The van der Waals surface area contributed by atoms with Crippen molar-refractivity contribution in [1.82, 2.24) is 33.6 Å². The van der Waals surface area contributed by atoms with Crippen LogP contribution in [-0.4, -0.2) is 33.6 Å². The molecule has 9 aromatic heterocycles. The first-order chi connectivity index (χ1) is 74.2. The quantitative estimate of drug-likeness (QED) is 0.128. The molecule has 0 atom stereocenters. The number of furan rings is 3. The summed E-state index contributed by atoms with van der Waals surface area (Å²) in [6, 6.07) is 171. The standard InChI is InChI=1S/C50H29N3O.C49H28N4O.C38H21N3O/c51-30-36-29-45(52-44-16-7-6-12-38(36)44)33-17-22-37(23-18-33)53-46-24-20-35(28-43(46)49-39-13-5-4-11-32(39)19-25-47(49)53)40-14-8-15-41-42-27-34(31-9-2-1-3-10-31)21-26-48(42)54-50(40)41;50-29-43-39-13-6-7-16-42(39)51-49(52-43)32-17-22-35(23-18-32)53-44-24-20-34(28-41(44)47-36-12-5-4-11-31(36)19-25-45(47)53)37-14-8-15-38-40-27-33(30-9-2-1-3-10-30)21-26-46(40)54-48(37)38;39-22-25-21-36(40-32-14-5-3-9-26(25)32)41-33-15-6-4-11-29(33)31-20-24(16-18-34(31)41)28-12-7-13-30-37-27-10-2-1-8-23(27)17-19-35(37)42-38(28)30/h1-29H;1-28H;1-21H. The summed E-state index contributed by atoms with van der Waals surface area (Å²) >= 11 is 0. The SMILES string of the molecule is N#Cc1cc(-c2ccc(-n3c4ccc(-c5cccc6c5oc5ccc(-c7ccccc7)cc56)cc4c4c5ccccc5ccc43)cc2)nc2ccccc12.N#Cc1cc(-n2c3ccccc3c3cc(-c4cccc5c4oc4ccc6ccccc6c45)ccc32)nc2ccccc12.N#Cc1nc(-c2ccc(-n3c4ccc(-c5cccc6c5oc5ccc(-c7ccccc7)cc56)cc4c4c5ccccc5ccc43)cc2)nc2ccccc12. The summed E-state index contributed by atoms with van der Waals surface area (Å²) in [6.45, 7) is 0.